The molecule has 13 heavy (non-hydrogen) atoms. The molecule has 0 amide bonds. The molecule has 3 N–H and O–H groups in total. The zero-order valence-corrected chi connectivity index (χ0v) is 7.20. The van der Waals surface area contributed by atoms with Gasteiger partial charge in [0, 0.05) is 18.2 Å². The van der Waals surface area contributed by atoms with E-state index in [1.807, 2.05) is 0 Å². The number of anilines is 1. The molecule has 4 heteroatoms. The summed E-state index contributed by atoms with van der Waals surface area (Å²) in [5.41, 5.74) is 4.51. The van der Waals surface area contributed by atoms with E-state index in [0.29, 0.717) is 0 Å². The second-order valence-corrected chi connectivity index (χ2v) is 3.28. The highest BCUT2D eigenvalue weighted by Gasteiger charge is 2.30. The first kappa shape index (κ1) is 8.60. The minimum Gasteiger partial charge on any atom is -0.429 e. The van der Waals surface area contributed by atoms with Crippen molar-refractivity contribution in [2.24, 2.45) is 0 Å². The van der Waals surface area contributed by atoms with Crippen molar-refractivity contribution in [3.05, 3.63) is 29.3 Å². The fourth-order valence-electron chi connectivity index (χ4n) is 2.13. The first-order valence-corrected chi connectivity index (χ1v) is 4.32. The van der Waals surface area contributed by atoms with Crippen LogP contribution in [0, 0.1) is 0 Å². The first-order valence-electron chi connectivity index (χ1n) is 4.32. The normalized spacial score (nSPS) is 20.3. The summed E-state index contributed by atoms with van der Waals surface area (Å²) in [5, 5.41) is 17.4. The van der Waals surface area contributed by atoms with Gasteiger partial charge in [-0.05, 0) is 17.5 Å². The monoisotopic (exact) mass is 176 g/mol. The molecular formula is C9H11BNO2. The van der Waals surface area contributed by atoms with E-state index in [2.05, 4.69) is 23.5 Å². The predicted octanol–water partition coefficient (Wildman–Crippen LogP) is 0.257. The molecule has 1 aromatic rings. The van der Waals surface area contributed by atoms with Crippen molar-refractivity contribution in [3.63, 3.8) is 0 Å². The van der Waals surface area contributed by atoms with Gasteiger partial charge < -0.3 is 15.4 Å². The Morgan fingerprint density at radius 2 is 2.15 bits per heavy atom. The van der Waals surface area contributed by atoms with Crippen LogP contribution in [-0.4, -0.2) is 24.3 Å². The Bertz CT molecular complexity index is 316. The van der Waals surface area contributed by atoms with E-state index in [-0.39, 0.29) is 7.69 Å². The van der Waals surface area contributed by atoms with E-state index in [1.54, 1.807) is 5.56 Å². The number of rotatable bonds is 0. The van der Waals surface area contributed by atoms with Gasteiger partial charge >= 0.3 is 7.69 Å². The van der Waals surface area contributed by atoms with Crippen LogP contribution in [0.1, 0.15) is 17.0 Å². The number of para-hydroxylation sites is 1. The molecule has 0 aromatic heterocycles. The highest BCUT2D eigenvalue weighted by atomic mass is 16.4. The lowest BCUT2D eigenvalue weighted by molar-refractivity contribution is 0.448. The third-order valence-electron chi connectivity index (χ3n) is 2.61. The molecule has 1 aromatic carbocycles. The van der Waals surface area contributed by atoms with Gasteiger partial charge in [-0.1, -0.05) is 18.2 Å². The summed E-state index contributed by atoms with van der Waals surface area (Å²) in [7, 11) is 0. The maximum absolute atomic E-state index is 7.00. The highest BCUT2D eigenvalue weighted by molar-refractivity contribution is 6.13. The quantitative estimate of drug-likeness (QED) is 0.497. The summed E-state index contributed by atoms with van der Waals surface area (Å²) in [4.78, 5) is 0. The van der Waals surface area contributed by atoms with Crippen molar-refractivity contribution >= 4 is 13.4 Å². The summed E-state index contributed by atoms with van der Waals surface area (Å²) in [6.45, 7) is 1.17. The van der Waals surface area contributed by atoms with Crippen LogP contribution in [0.4, 0.5) is 5.69 Å². The average Bonchev–Trinajstić information content (AvgIpc) is 2.61. The molecule has 0 saturated heterocycles. The third-order valence-corrected chi connectivity index (χ3v) is 2.61. The second-order valence-electron chi connectivity index (χ2n) is 3.28. The van der Waals surface area contributed by atoms with Gasteiger partial charge in [-0.25, -0.2) is 0 Å². The van der Waals surface area contributed by atoms with Crippen molar-refractivity contribution in [3.8, 4) is 0 Å². The van der Waals surface area contributed by atoms with Crippen molar-refractivity contribution < 1.29 is 10.0 Å². The Morgan fingerprint density at radius 3 is 2.77 bits per heavy atom. The molecule has 1 heterocycles. The smallest absolute Gasteiger partial charge is 0.429 e. The van der Waals surface area contributed by atoms with Gasteiger partial charge in [0.05, 0.1) is 0 Å². The van der Waals surface area contributed by atoms with Crippen LogP contribution >= 0.6 is 0 Å². The molecule has 1 aliphatic heterocycles. The summed E-state index contributed by atoms with van der Waals surface area (Å²) in [6.07, 6.45) is 1.28. The number of benzene rings is 1. The van der Waals surface area contributed by atoms with E-state index in [0.717, 1.165) is 5.92 Å². The number of nitrogens with one attached hydrogen (secondary N) is 1. The molecule has 0 spiro atoms. The predicted molar refractivity (Wildman–Crippen MR) is 51.6 cm³/mol. The van der Waals surface area contributed by atoms with Crippen molar-refractivity contribution in [2.75, 3.05) is 11.9 Å². The van der Waals surface area contributed by atoms with Crippen molar-refractivity contribution in [1.82, 2.24) is 0 Å². The molecule has 67 valence electrons. The second kappa shape index (κ2) is 3.40. The van der Waals surface area contributed by atoms with Gasteiger partial charge in [-0.15, -0.1) is 0 Å². The fourth-order valence-corrected chi connectivity index (χ4v) is 2.13. The van der Waals surface area contributed by atoms with Crippen molar-refractivity contribution in [2.45, 2.75) is 12.3 Å². The Kier molecular flexibility index (Phi) is 2.25. The molecule has 1 unspecified atom stereocenters. The minimum atomic E-state index is 0. The molecule has 3 rings (SSSR count). The summed E-state index contributed by atoms with van der Waals surface area (Å²) in [6, 6.07) is 6.64. The van der Waals surface area contributed by atoms with Gasteiger partial charge in [0.15, 0.2) is 0 Å². The molecule has 1 radical (unpaired) electrons. The number of hydrogen-bond donors (Lipinski definition) is 3. The van der Waals surface area contributed by atoms with Gasteiger partial charge in [0.2, 0.25) is 0 Å². The standard InChI is InChI=1S/C9H9N.BH2O2/c1-2-6-4-7-5-10-9(6)8(7)3-1;2-1-3/h1-3,7,10H,4-5H2;2-3H. The minimum absolute atomic E-state index is 0. The number of hydrogen-bond acceptors (Lipinski definition) is 3. The Hall–Kier alpha value is -0.995. The summed E-state index contributed by atoms with van der Waals surface area (Å²) >= 11 is 0. The topological polar surface area (TPSA) is 52.5 Å². The highest BCUT2D eigenvalue weighted by Crippen LogP contribution is 2.43. The van der Waals surface area contributed by atoms with E-state index >= 15 is 0 Å². The Morgan fingerprint density at radius 1 is 1.38 bits per heavy atom. The van der Waals surface area contributed by atoms with Crippen LogP contribution in [0.5, 0.6) is 0 Å². The van der Waals surface area contributed by atoms with E-state index in [9.17, 15) is 0 Å². The summed E-state index contributed by atoms with van der Waals surface area (Å²) < 4.78 is 0. The Labute approximate surface area is 77.7 Å². The average molecular weight is 176 g/mol. The molecule has 0 saturated carbocycles. The molecule has 0 fully saturated rings. The first-order chi connectivity index (χ1) is 6.36. The molecule has 2 aliphatic rings. The van der Waals surface area contributed by atoms with Crippen LogP contribution in [0.2, 0.25) is 0 Å². The lowest BCUT2D eigenvalue weighted by Crippen LogP contribution is -2.08. The van der Waals surface area contributed by atoms with Gasteiger partial charge in [0.1, 0.15) is 0 Å². The zero-order valence-electron chi connectivity index (χ0n) is 7.20. The van der Waals surface area contributed by atoms with Crippen LogP contribution in [0.3, 0.4) is 0 Å². The van der Waals surface area contributed by atoms with E-state index in [4.69, 9.17) is 10.0 Å². The fraction of sp³-hybridized carbons (Fsp3) is 0.333. The molecular weight excluding hydrogens is 165 g/mol. The van der Waals surface area contributed by atoms with Crippen LogP contribution in [0.15, 0.2) is 18.2 Å². The van der Waals surface area contributed by atoms with E-state index in [1.165, 1.54) is 24.2 Å². The maximum atomic E-state index is 7.00. The SMILES string of the molecule is O[B]O.c1cc2c3c(c1)C(CN3)C2. The Balaban J connectivity index is 0.000000196. The lowest BCUT2D eigenvalue weighted by atomic mass is 10.1. The van der Waals surface area contributed by atoms with Gasteiger partial charge in [0.25, 0.3) is 0 Å². The van der Waals surface area contributed by atoms with Crippen molar-refractivity contribution in [1.29, 1.82) is 0 Å². The molecule has 1 atom stereocenters. The zero-order chi connectivity index (χ0) is 9.26. The largest absolute Gasteiger partial charge is 0.482 e. The van der Waals surface area contributed by atoms with E-state index < -0.39 is 0 Å². The maximum Gasteiger partial charge on any atom is 0.482 e. The van der Waals surface area contributed by atoms with Gasteiger partial charge in [-0.3, -0.25) is 0 Å². The lowest BCUT2D eigenvalue weighted by Gasteiger charge is -2.08. The molecule has 1 aliphatic carbocycles. The third kappa shape index (κ3) is 1.32. The summed E-state index contributed by atoms with van der Waals surface area (Å²) in [5.74, 6) is 0.806. The van der Waals surface area contributed by atoms with Gasteiger partial charge in [-0.2, -0.15) is 0 Å². The van der Waals surface area contributed by atoms with Crippen LogP contribution in [-0.2, 0) is 6.42 Å². The van der Waals surface area contributed by atoms with Crippen LogP contribution in [0.25, 0.3) is 0 Å². The molecule has 3 nitrogen and oxygen atoms in total. The van der Waals surface area contributed by atoms with Crippen LogP contribution < -0.4 is 5.32 Å². The molecule has 4 bridgehead atoms.